The summed E-state index contributed by atoms with van der Waals surface area (Å²) >= 11 is 6.03. The molecule has 0 aliphatic heterocycles. The largest absolute Gasteiger partial charge is 0.490 e. The van der Waals surface area contributed by atoms with E-state index in [0.29, 0.717) is 23.1 Å². The zero-order valence-corrected chi connectivity index (χ0v) is 8.69. The minimum absolute atomic E-state index is 0.601. The van der Waals surface area contributed by atoms with E-state index < -0.39 is 0 Å². The summed E-state index contributed by atoms with van der Waals surface area (Å²) in [7, 11) is 0. The van der Waals surface area contributed by atoms with E-state index >= 15 is 0 Å². The van der Waals surface area contributed by atoms with E-state index in [-0.39, 0.29) is 0 Å². The molecule has 0 unspecified atom stereocenters. The number of benzene rings is 1. The van der Waals surface area contributed by atoms with Crippen LogP contribution in [0.15, 0.2) is 12.1 Å². The van der Waals surface area contributed by atoms with Crippen molar-refractivity contribution in [3.8, 4) is 5.75 Å². The van der Waals surface area contributed by atoms with Gasteiger partial charge >= 0.3 is 0 Å². The number of nitrogen functional groups attached to an aromatic ring is 1. The summed E-state index contributed by atoms with van der Waals surface area (Å²) < 4.78 is 5.44. The molecule has 0 radical (unpaired) electrons. The molecule has 2 N–H and O–H groups in total. The van der Waals surface area contributed by atoms with Gasteiger partial charge in [-0.15, -0.1) is 0 Å². The third-order valence-electron chi connectivity index (χ3n) is 1.77. The molecule has 72 valence electrons. The van der Waals surface area contributed by atoms with Crippen molar-refractivity contribution in [3.63, 3.8) is 0 Å². The molecular weight excluding hydrogens is 186 g/mol. The number of aryl methyl sites for hydroxylation is 1. The molecule has 1 rings (SSSR count). The lowest BCUT2D eigenvalue weighted by Crippen LogP contribution is -2.00. The lowest BCUT2D eigenvalue weighted by molar-refractivity contribution is 0.319. The van der Waals surface area contributed by atoms with Crippen molar-refractivity contribution in [1.82, 2.24) is 0 Å². The van der Waals surface area contributed by atoms with Gasteiger partial charge in [-0.1, -0.05) is 24.6 Å². The third-order valence-corrected chi connectivity index (χ3v) is 2.24. The lowest BCUT2D eigenvalue weighted by Gasteiger charge is -2.11. The predicted molar refractivity (Wildman–Crippen MR) is 56.4 cm³/mol. The summed E-state index contributed by atoms with van der Waals surface area (Å²) in [6.07, 6.45) is 0.948. The van der Waals surface area contributed by atoms with Crippen molar-refractivity contribution in [1.29, 1.82) is 0 Å². The molecule has 0 saturated heterocycles. The highest BCUT2D eigenvalue weighted by Gasteiger charge is 2.07. The smallest absolute Gasteiger partial charge is 0.161 e. The Hall–Kier alpha value is -0.890. The number of ether oxygens (including phenoxy) is 1. The lowest BCUT2D eigenvalue weighted by atomic mass is 10.2. The molecule has 0 spiro atoms. The Morgan fingerprint density at radius 3 is 2.77 bits per heavy atom. The van der Waals surface area contributed by atoms with Gasteiger partial charge in [0.25, 0.3) is 0 Å². The second-order valence-corrected chi connectivity index (χ2v) is 3.34. The zero-order valence-electron chi connectivity index (χ0n) is 7.93. The molecule has 0 atom stereocenters. The average molecular weight is 200 g/mol. The van der Waals surface area contributed by atoms with Crippen molar-refractivity contribution in [2.75, 3.05) is 12.3 Å². The first-order valence-electron chi connectivity index (χ1n) is 4.34. The summed E-state index contributed by atoms with van der Waals surface area (Å²) in [6, 6.07) is 3.70. The molecule has 13 heavy (non-hydrogen) atoms. The number of hydrogen-bond donors (Lipinski definition) is 1. The van der Waals surface area contributed by atoms with Gasteiger partial charge in [0.2, 0.25) is 0 Å². The number of halogens is 1. The Morgan fingerprint density at radius 1 is 1.46 bits per heavy atom. The minimum atomic E-state index is 0.601. The molecule has 0 aliphatic carbocycles. The molecule has 0 amide bonds. The first kappa shape index (κ1) is 10.2. The fourth-order valence-corrected chi connectivity index (χ4v) is 1.25. The molecule has 0 bridgehead atoms. The number of nitrogens with two attached hydrogens (primary N) is 1. The van der Waals surface area contributed by atoms with Crippen LogP contribution >= 0.6 is 11.6 Å². The number of anilines is 1. The fourth-order valence-electron chi connectivity index (χ4n) is 1.02. The molecule has 0 fully saturated rings. The van der Waals surface area contributed by atoms with E-state index in [4.69, 9.17) is 22.1 Å². The van der Waals surface area contributed by atoms with Crippen LogP contribution in [0.4, 0.5) is 5.69 Å². The van der Waals surface area contributed by atoms with Crippen molar-refractivity contribution >= 4 is 17.3 Å². The van der Waals surface area contributed by atoms with Gasteiger partial charge in [0, 0.05) is 0 Å². The van der Waals surface area contributed by atoms with Gasteiger partial charge in [0.15, 0.2) is 5.75 Å². The first-order valence-corrected chi connectivity index (χ1v) is 4.72. The second kappa shape index (κ2) is 4.38. The maximum absolute atomic E-state index is 6.03. The van der Waals surface area contributed by atoms with E-state index in [1.165, 1.54) is 0 Å². The Balaban J connectivity index is 2.96. The molecular formula is C10H14ClNO. The van der Waals surface area contributed by atoms with E-state index in [1.807, 2.05) is 26.0 Å². The number of rotatable bonds is 3. The summed E-state index contributed by atoms with van der Waals surface area (Å²) in [6.45, 7) is 4.62. The van der Waals surface area contributed by atoms with Crippen molar-refractivity contribution in [2.45, 2.75) is 20.3 Å². The number of hydrogen-bond acceptors (Lipinski definition) is 2. The van der Waals surface area contributed by atoms with E-state index in [9.17, 15) is 0 Å². The van der Waals surface area contributed by atoms with Crippen LogP contribution in [0.1, 0.15) is 18.9 Å². The molecule has 0 saturated carbocycles. The second-order valence-electron chi connectivity index (χ2n) is 2.96. The molecule has 0 aliphatic rings. The quantitative estimate of drug-likeness (QED) is 0.760. The molecule has 1 aromatic carbocycles. The van der Waals surface area contributed by atoms with Gasteiger partial charge in [-0.25, -0.2) is 0 Å². The maximum Gasteiger partial charge on any atom is 0.161 e. The SMILES string of the molecule is CCCOc1c(N)ccc(C)c1Cl. The van der Waals surface area contributed by atoms with Gasteiger partial charge in [-0.3, -0.25) is 0 Å². The minimum Gasteiger partial charge on any atom is -0.490 e. The molecule has 2 nitrogen and oxygen atoms in total. The van der Waals surface area contributed by atoms with E-state index in [2.05, 4.69) is 0 Å². The van der Waals surface area contributed by atoms with Gasteiger partial charge < -0.3 is 10.5 Å². The van der Waals surface area contributed by atoms with Crippen LogP contribution in [-0.2, 0) is 0 Å². The normalized spacial score (nSPS) is 10.1. The summed E-state index contributed by atoms with van der Waals surface area (Å²) in [5.74, 6) is 0.614. The average Bonchev–Trinajstić information content (AvgIpc) is 2.12. The highest BCUT2D eigenvalue weighted by Crippen LogP contribution is 2.33. The predicted octanol–water partition coefficient (Wildman–Crippen LogP) is 3.02. The molecule has 3 heteroatoms. The zero-order chi connectivity index (χ0) is 9.84. The summed E-state index contributed by atoms with van der Waals surface area (Å²) in [5, 5.41) is 0.619. The van der Waals surface area contributed by atoms with Crippen LogP contribution in [0.2, 0.25) is 5.02 Å². The highest BCUT2D eigenvalue weighted by molar-refractivity contribution is 6.33. The van der Waals surface area contributed by atoms with Gasteiger partial charge in [-0.05, 0) is 25.0 Å². The van der Waals surface area contributed by atoms with Gasteiger partial charge in [0.05, 0.1) is 17.3 Å². The third kappa shape index (κ3) is 2.28. The fraction of sp³-hybridized carbons (Fsp3) is 0.400. The standard InChI is InChI=1S/C10H14ClNO/c1-3-6-13-10-8(12)5-4-7(2)9(10)11/h4-5H,3,6,12H2,1-2H3. The summed E-state index contributed by atoms with van der Waals surface area (Å²) in [4.78, 5) is 0. The highest BCUT2D eigenvalue weighted by atomic mass is 35.5. The Morgan fingerprint density at radius 2 is 2.15 bits per heavy atom. The maximum atomic E-state index is 6.03. The van der Waals surface area contributed by atoms with Crippen molar-refractivity contribution < 1.29 is 4.74 Å². The Bertz CT molecular complexity index is 299. The van der Waals surface area contributed by atoms with Crippen molar-refractivity contribution in [3.05, 3.63) is 22.7 Å². The van der Waals surface area contributed by atoms with Crippen LogP contribution in [0.3, 0.4) is 0 Å². The van der Waals surface area contributed by atoms with Gasteiger partial charge in [0.1, 0.15) is 0 Å². The topological polar surface area (TPSA) is 35.2 Å². The van der Waals surface area contributed by atoms with Crippen LogP contribution in [0.25, 0.3) is 0 Å². The molecule has 1 aromatic rings. The van der Waals surface area contributed by atoms with Crippen LogP contribution < -0.4 is 10.5 Å². The Kier molecular flexibility index (Phi) is 3.43. The Labute approximate surface area is 83.6 Å². The van der Waals surface area contributed by atoms with E-state index in [0.717, 1.165) is 12.0 Å². The van der Waals surface area contributed by atoms with Crippen molar-refractivity contribution in [2.24, 2.45) is 0 Å². The van der Waals surface area contributed by atoms with Gasteiger partial charge in [-0.2, -0.15) is 0 Å². The molecule has 0 heterocycles. The van der Waals surface area contributed by atoms with Crippen LogP contribution in [0.5, 0.6) is 5.75 Å². The summed E-state index contributed by atoms with van der Waals surface area (Å²) in [5.41, 5.74) is 7.31. The molecule has 0 aromatic heterocycles. The van der Waals surface area contributed by atoms with Crippen LogP contribution in [-0.4, -0.2) is 6.61 Å². The monoisotopic (exact) mass is 199 g/mol. The van der Waals surface area contributed by atoms with E-state index in [1.54, 1.807) is 0 Å². The van der Waals surface area contributed by atoms with Crippen LogP contribution in [0, 0.1) is 6.92 Å². The first-order chi connectivity index (χ1) is 6.16.